The van der Waals surface area contributed by atoms with Crippen LogP contribution in [0.2, 0.25) is 0 Å². The third kappa shape index (κ3) is 2.93. The average molecular weight is 322 g/mol. The topological polar surface area (TPSA) is 43.6 Å². The Labute approximate surface area is 136 Å². The summed E-state index contributed by atoms with van der Waals surface area (Å²) in [5.41, 5.74) is 1.51. The highest BCUT2D eigenvalue weighted by atomic mass is 32.1. The van der Waals surface area contributed by atoms with Crippen LogP contribution in [0.1, 0.15) is 49.1 Å². The summed E-state index contributed by atoms with van der Waals surface area (Å²) in [6.07, 6.45) is 7.43. The van der Waals surface area contributed by atoms with E-state index in [1.165, 1.54) is 42.7 Å². The number of nitrogens with zero attached hydrogens (tertiary/aromatic N) is 2. The van der Waals surface area contributed by atoms with E-state index in [4.69, 9.17) is 4.74 Å². The van der Waals surface area contributed by atoms with Crippen molar-refractivity contribution in [2.24, 2.45) is 16.3 Å². The quantitative estimate of drug-likeness (QED) is 0.854. The fourth-order valence-corrected chi connectivity index (χ4v) is 4.81. The number of carbonyl (C=O) groups is 1. The van der Waals surface area contributed by atoms with Crippen molar-refractivity contribution in [2.45, 2.75) is 58.9 Å². The van der Waals surface area contributed by atoms with Crippen molar-refractivity contribution in [3.8, 4) is 0 Å². The first-order valence-electron chi connectivity index (χ1n) is 8.32. The molecule has 1 amide bonds. The minimum absolute atomic E-state index is 0.106. The molecule has 2 saturated carbocycles. The molecule has 2 aliphatic carbocycles. The van der Waals surface area contributed by atoms with Crippen LogP contribution in [0, 0.1) is 25.2 Å². The highest BCUT2D eigenvalue weighted by Crippen LogP contribution is 2.61. The van der Waals surface area contributed by atoms with E-state index in [0.29, 0.717) is 12.0 Å². The minimum atomic E-state index is 0.106. The third-order valence-corrected chi connectivity index (χ3v) is 6.55. The Bertz CT molecular complexity index is 623. The maximum Gasteiger partial charge on any atom is 0.252 e. The van der Waals surface area contributed by atoms with E-state index in [1.54, 1.807) is 18.4 Å². The van der Waals surface area contributed by atoms with Crippen LogP contribution in [0.25, 0.3) is 0 Å². The first-order chi connectivity index (χ1) is 10.6. The first kappa shape index (κ1) is 15.9. The van der Waals surface area contributed by atoms with Crippen molar-refractivity contribution in [3.05, 3.63) is 15.4 Å². The Hall–Kier alpha value is -0.940. The van der Waals surface area contributed by atoms with Gasteiger partial charge in [-0.3, -0.25) is 4.79 Å². The Morgan fingerprint density at radius 1 is 1.36 bits per heavy atom. The van der Waals surface area contributed by atoms with Gasteiger partial charge < -0.3 is 9.30 Å². The van der Waals surface area contributed by atoms with Crippen LogP contribution in [0.15, 0.2) is 4.99 Å². The molecule has 0 unspecified atom stereocenters. The molecule has 0 aromatic carbocycles. The number of aryl methyl sites for hydroxylation is 1. The zero-order valence-corrected chi connectivity index (χ0v) is 14.7. The molecule has 3 rings (SSSR count). The molecule has 1 aromatic rings. The highest BCUT2D eigenvalue weighted by molar-refractivity contribution is 7.09. The van der Waals surface area contributed by atoms with Gasteiger partial charge in [-0.25, -0.2) is 0 Å². The third-order valence-electron chi connectivity index (χ3n) is 5.45. The molecule has 1 spiro atoms. The van der Waals surface area contributed by atoms with Crippen molar-refractivity contribution >= 4 is 17.2 Å². The smallest absolute Gasteiger partial charge is 0.252 e. The number of rotatable bonds is 4. The number of hydrogen-bond donors (Lipinski definition) is 0. The summed E-state index contributed by atoms with van der Waals surface area (Å²) in [5, 5.41) is 0. The summed E-state index contributed by atoms with van der Waals surface area (Å²) >= 11 is 1.62. The number of carbonyl (C=O) groups excluding carboxylic acids is 1. The lowest BCUT2D eigenvalue weighted by atomic mass is 9.84. The van der Waals surface area contributed by atoms with E-state index in [-0.39, 0.29) is 11.8 Å². The van der Waals surface area contributed by atoms with E-state index in [0.717, 1.165) is 17.8 Å². The number of amides is 1. The van der Waals surface area contributed by atoms with E-state index >= 15 is 0 Å². The molecule has 0 saturated heterocycles. The zero-order chi connectivity index (χ0) is 15.7. The first-order valence-corrected chi connectivity index (χ1v) is 9.13. The van der Waals surface area contributed by atoms with Crippen molar-refractivity contribution < 1.29 is 9.53 Å². The number of hydrogen-bond acceptors (Lipinski definition) is 3. The fraction of sp³-hybridized carbons (Fsp3) is 0.765. The molecule has 2 aliphatic rings. The fourth-order valence-electron chi connectivity index (χ4n) is 3.81. The van der Waals surface area contributed by atoms with Crippen LogP contribution >= 0.6 is 11.3 Å². The van der Waals surface area contributed by atoms with Gasteiger partial charge in [0, 0.05) is 30.1 Å². The second-order valence-electron chi connectivity index (χ2n) is 6.80. The van der Waals surface area contributed by atoms with Crippen LogP contribution < -0.4 is 4.80 Å². The molecular weight excluding hydrogens is 296 g/mol. The van der Waals surface area contributed by atoms with Crippen molar-refractivity contribution in [1.29, 1.82) is 0 Å². The van der Waals surface area contributed by atoms with Crippen LogP contribution in [-0.4, -0.2) is 24.2 Å². The standard InChI is InChI=1S/C17H26N2O2S/c1-12-13(2)22-16(19(12)9-10-21-3)18-15(20)14-11-17(14)7-5-4-6-8-17/h14H,4-11H2,1-3H3/b18-16-/t14-/m1/s1. The molecule has 122 valence electrons. The van der Waals surface area contributed by atoms with E-state index in [1.807, 2.05) is 0 Å². The van der Waals surface area contributed by atoms with Gasteiger partial charge in [0.05, 0.1) is 6.61 Å². The summed E-state index contributed by atoms with van der Waals surface area (Å²) < 4.78 is 7.30. The summed E-state index contributed by atoms with van der Waals surface area (Å²) in [6.45, 7) is 5.58. The molecule has 2 fully saturated rings. The second kappa shape index (κ2) is 6.28. The molecule has 1 atom stereocenters. The lowest BCUT2D eigenvalue weighted by Gasteiger charge is -2.21. The minimum Gasteiger partial charge on any atom is -0.383 e. The van der Waals surface area contributed by atoms with Gasteiger partial charge in [-0.2, -0.15) is 4.99 Å². The molecule has 22 heavy (non-hydrogen) atoms. The molecule has 1 aromatic heterocycles. The van der Waals surface area contributed by atoms with Gasteiger partial charge in [-0.1, -0.05) is 19.3 Å². The van der Waals surface area contributed by atoms with Gasteiger partial charge in [0.2, 0.25) is 0 Å². The van der Waals surface area contributed by atoms with Crippen LogP contribution in [0.3, 0.4) is 0 Å². The molecule has 1 heterocycles. The van der Waals surface area contributed by atoms with Gasteiger partial charge in [-0.15, -0.1) is 11.3 Å². The van der Waals surface area contributed by atoms with Crippen LogP contribution in [-0.2, 0) is 16.1 Å². The average Bonchev–Trinajstić information content (AvgIpc) is 3.13. The second-order valence-corrected chi connectivity index (χ2v) is 7.98. The predicted octanol–water partition coefficient (Wildman–Crippen LogP) is 3.21. The monoisotopic (exact) mass is 322 g/mol. The molecule has 5 heteroatoms. The normalized spacial score (nSPS) is 24.0. The number of ether oxygens (including phenoxy) is 1. The van der Waals surface area contributed by atoms with Gasteiger partial charge in [-0.05, 0) is 38.5 Å². The Morgan fingerprint density at radius 2 is 2.09 bits per heavy atom. The van der Waals surface area contributed by atoms with Crippen molar-refractivity contribution in [3.63, 3.8) is 0 Å². The predicted molar refractivity (Wildman–Crippen MR) is 87.9 cm³/mol. The summed E-state index contributed by atoms with van der Waals surface area (Å²) in [4.78, 5) is 19.2. The number of methoxy groups -OCH3 is 1. The van der Waals surface area contributed by atoms with Crippen LogP contribution in [0.5, 0.6) is 0 Å². The largest absolute Gasteiger partial charge is 0.383 e. The maximum absolute atomic E-state index is 12.6. The van der Waals surface area contributed by atoms with E-state index in [2.05, 4.69) is 23.4 Å². The Kier molecular flexibility index (Phi) is 4.55. The van der Waals surface area contributed by atoms with Gasteiger partial charge in [0.1, 0.15) is 0 Å². The number of thiazole rings is 1. The summed E-state index contributed by atoms with van der Waals surface area (Å²) in [7, 11) is 1.70. The SMILES string of the molecule is COCCn1c(C)c(C)s/c1=N\C(=O)[C@H]1CC12CCCCC2. The van der Waals surface area contributed by atoms with Crippen molar-refractivity contribution in [1.82, 2.24) is 4.57 Å². The highest BCUT2D eigenvalue weighted by Gasteiger charge is 2.57. The molecule has 0 radical (unpaired) electrons. The molecule has 0 aliphatic heterocycles. The molecular formula is C17H26N2O2S. The van der Waals surface area contributed by atoms with Crippen LogP contribution in [0.4, 0.5) is 0 Å². The van der Waals surface area contributed by atoms with Crippen molar-refractivity contribution in [2.75, 3.05) is 13.7 Å². The van der Waals surface area contributed by atoms with Gasteiger partial charge >= 0.3 is 0 Å². The molecule has 0 bridgehead atoms. The Balaban J connectivity index is 1.80. The summed E-state index contributed by atoms with van der Waals surface area (Å²) in [5.74, 6) is 0.292. The van der Waals surface area contributed by atoms with E-state index < -0.39 is 0 Å². The van der Waals surface area contributed by atoms with Gasteiger partial charge in [0.15, 0.2) is 4.80 Å². The number of aromatic nitrogens is 1. The summed E-state index contributed by atoms with van der Waals surface area (Å²) in [6, 6.07) is 0. The van der Waals surface area contributed by atoms with E-state index in [9.17, 15) is 4.79 Å². The Morgan fingerprint density at radius 3 is 2.77 bits per heavy atom. The van der Waals surface area contributed by atoms with Gasteiger partial charge in [0.25, 0.3) is 5.91 Å². The maximum atomic E-state index is 12.6. The zero-order valence-electron chi connectivity index (χ0n) is 13.9. The lowest BCUT2D eigenvalue weighted by Crippen LogP contribution is -2.22. The molecule has 4 nitrogen and oxygen atoms in total. The lowest BCUT2D eigenvalue weighted by molar-refractivity contribution is -0.120. The molecule has 0 N–H and O–H groups in total.